The van der Waals surface area contributed by atoms with Crippen LogP contribution in [-0.4, -0.2) is 17.6 Å². The van der Waals surface area contributed by atoms with Crippen molar-refractivity contribution >= 4 is 39.2 Å². The predicted molar refractivity (Wildman–Crippen MR) is 149 cm³/mol. The molecule has 0 unspecified atom stereocenters. The second-order valence-corrected chi connectivity index (χ2v) is 12.3. The lowest BCUT2D eigenvalue weighted by Crippen LogP contribution is -2.26. The fourth-order valence-corrected chi connectivity index (χ4v) is 6.64. The van der Waals surface area contributed by atoms with E-state index in [1.165, 1.54) is 27.3 Å². The van der Waals surface area contributed by atoms with Crippen molar-refractivity contribution in [1.82, 2.24) is 4.98 Å². The number of rotatable bonds is 6. The maximum Gasteiger partial charge on any atom is 0.341 e. The SMILES string of the molecule is CCOC(=O)c1c(N/C=C(/C#N)c2nc(-c3ccc(C)c(C)c3)cs2)sc2c1CC[C@H](C(C)(C)C)C2. The normalized spacial score (nSPS) is 15.8. The van der Waals surface area contributed by atoms with E-state index in [2.05, 4.69) is 64.2 Å². The van der Waals surface area contributed by atoms with Gasteiger partial charge in [0.05, 0.1) is 17.9 Å². The van der Waals surface area contributed by atoms with Gasteiger partial charge in [0.1, 0.15) is 21.7 Å². The van der Waals surface area contributed by atoms with Crippen LogP contribution in [0.25, 0.3) is 16.8 Å². The number of hydrogen-bond acceptors (Lipinski definition) is 7. The van der Waals surface area contributed by atoms with E-state index in [0.717, 1.165) is 41.1 Å². The summed E-state index contributed by atoms with van der Waals surface area (Å²) in [6.45, 7) is 13.2. The Morgan fingerprint density at radius 3 is 2.75 bits per heavy atom. The molecule has 188 valence electrons. The summed E-state index contributed by atoms with van der Waals surface area (Å²) >= 11 is 3.05. The summed E-state index contributed by atoms with van der Waals surface area (Å²) < 4.78 is 5.41. The highest BCUT2D eigenvalue weighted by molar-refractivity contribution is 7.16. The number of nitriles is 1. The third-order valence-corrected chi connectivity index (χ3v) is 9.04. The number of nitrogens with zero attached hydrogens (tertiary/aromatic N) is 2. The molecule has 2 aromatic heterocycles. The molecule has 1 aromatic carbocycles. The van der Waals surface area contributed by atoms with Crippen molar-refractivity contribution in [2.24, 2.45) is 11.3 Å². The van der Waals surface area contributed by atoms with Crippen LogP contribution in [0, 0.1) is 36.5 Å². The Bertz CT molecular complexity index is 1350. The molecular formula is C29H33N3O2S2. The van der Waals surface area contributed by atoms with Gasteiger partial charge in [0.15, 0.2) is 0 Å². The number of allylic oxidation sites excluding steroid dienone is 1. The van der Waals surface area contributed by atoms with Gasteiger partial charge in [0.2, 0.25) is 0 Å². The third-order valence-electron chi connectivity index (χ3n) is 6.97. The Kier molecular flexibility index (Phi) is 7.67. The van der Waals surface area contributed by atoms with E-state index in [-0.39, 0.29) is 11.4 Å². The molecule has 7 heteroatoms. The fraction of sp³-hybridized carbons (Fsp3) is 0.414. The van der Waals surface area contributed by atoms with Crippen molar-refractivity contribution in [3.05, 3.63) is 61.9 Å². The lowest BCUT2D eigenvalue weighted by Gasteiger charge is -2.33. The maximum absolute atomic E-state index is 12.9. The third kappa shape index (κ3) is 5.40. The molecule has 1 atom stereocenters. The molecule has 1 aliphatic carbocycles. The zero-order valence-electron chi connectivity index (χ0n) is 21.8. The molecule has 4 rings (SSSR count). The van der Waals surface area contributed by atoms with Gasteiger partial charge in [0.25, 0.3) is 0 Å². The second-order valence-electron chi connectivity index (χ2n) is 10.4. The van der Waals surface area contributed by atoms with Gasteiger partial charge in [-0.05, 0) is 74.1 Å². The minimum atomic E-state index is -0.301. The molecule has 1 aliphatic rings. The van der Waals surface area contributed by atoms with Crippen LogP contribution in [0.2, 0.25) is 0 Å². The number of nitrogens with one attached hydrogen (secondary N) is 1. The van der Waals surface area contributed by atoms with Crippen LogP contribution in [0.4, 0.5) is 5.00 Å². The quantitative estimate of drug-likeness (QED) is 0.266. The van der Waals surface area contributed by atoms with Gasteiger partial charge < -0.3 is 10.1 Å². The highest BCUT2D eigenvalue weighted by atomic mass is 32.1. The number of anilines is 1. The standard InChI is InChI=1S/C29H33N3O2S2/c1-7-34-28(33)25-22-11-10-21(29(4,5)6)13-24(22)36-27(25)31-15-20(14-30)26-32-23(16-35-26)19-9-8-17(2)18(3)12-19/h8-9,12,15-16,21,31H,7,10-11,13H2,1-6H3/b20-15-/t21-/m0/s1. The molecule has 0 radical (unpaired) electrons. The lowest BCUT2D eigenvalue weighted by atomic mass is 9.72. The number of thiophene rings is 1. The van der Waals surface area contributed by atoms with Crippen LogP contribution < -0.4 is 5.32 Å². The van der Waals surface area contributed by atoms with E-state index in [0.29, 0.717) is 28.7 Å². The van der Waals surface area contributed by atoms with Crippen molar-refractivity contribution in [2.45, 2.75) is 60.8 Å². The van der Waals surface area contributed by atoms with Crippen molar-refractivity contribution in [2.75, 3.05) is 11.9 Å². The second kappa shape index (κ2) is 10.6. The number of esters is 1. The zero-order chi connectivity index (χ0) is 26.0. The first-order valence-corrected chi connectivity index (χ1v) is 14.0. The van der Waals surface area contributed by atoms with Crippen molar-refractivity contribution in [3.8, 4) is 17.3 Å². The van der Waals surface area contributed by atoms with E-state index in [1.54, 1.807) is 17.5 Å². The van der Waals surface area contributed by atoms with E-state index >= 15 is 0 Å². The molecule has 0 aliphatic heterocycles. The van der Waals surface area contributed by atoms with Gasteiger partial charge in [-0.15, -0.1) is 22.7 Å². The van der Waals surface area contributed by atoms with Gasteiger partial charge in [0, 0.05) is 22.0 Å². The van der Waals surface area contributed by atoms with Gasteiger partial charge in [-0.2, -0.15) is 5.26 Å². The molecular weight excluding hydrogens is 486 g/mol. The molecule has 0 bridgehead atoms. The molecule has 5 nitrogen and oxygen atoms in total. The summed E-state index contributed by atoms with van der Waals surface area (Å²) in [7, 11) is 0. The first-order valence-electron chi connectivity index (χ1n) is 12.3. The minimum absolute atomic E-state index is 0.214. The summed E-state index contributed by atoms with van der Waals surface area (Å²) in [6.07, 6.45) is 4.55. The number of aromatic nitrogens is 1. The highest BCUT2D eigenvalue weighted by Crippen LogP contribution is 2.44. The largest absolute Gasteiger partial charge is 0.462 e. The van der Waals surface area contributed by atoms with Crippen molar-refractivity contribution in [3.63, 3.8) is 0 Å². The fourth-order valence-electron chi connectivity index (χ4n) is 4.56. The van der Waals surface area contributed by atoms with Crippen LogP contribution >= 0.6 is 22.7 Å². The molecule has 0 amide bonds. The summed E-state index contributed by atoms with van der Waals surface area (Å²) in [4.78, 5) is 18.9. The van der Waals surface area contributed by atoms with Gasteiger partial charge >= 0.3 is 5.97 Å². The van der Waals surface area contributed by atoms with Gasteiger partial charge in [-0.3, -0.25) is 0 Å². The summed E-state index contributed by atoms with van der Waals surface area (Å²) in [5, 5.41) is 16.5. The van der Waals surface area contributed by atoms with Crippen LogP contribution in [0.3, 0.4) is 0 Å². The lowest BCUT2D eigenvalue weighted by molar-refractivity contribution is 0.0526. The van der Waals surface area contributed by atoms with Crippen LogP contribution in [0.15, 0.2) is 29.8 Å². The number of aryl methyl sites for hydroxylation is 2. The predicted octanol–water partition coefficient (Wildman–Crippen LogP) is 7.79. The zero-order valence-corrected chi connectivity index (χ0v) is 23.5. The number of carbonyl (C=O) groups excluding carboxylic acids is 1. The Hall–Kier alpha value is -2.95. The maximum atomic E-state index is 12.9. The van der Waals surface area contributed by atoms with E-state index in [9.17, 15) is 10.1 Å². The Morgan fingerprint density at radius 2 is 2.08 bits per heavy atom. The smallest absolute Gasteiger partial charge is 0.341 e. The Balaban J connectivity index is 1.64. The molecule has 0 fully saturated rings. The van der Waals surface area contributed by atoms with E-state index < -0.39 is 0 Å². The molecule has 3 aromatic rings. The van der Waals surface area contributed by atoms with Crippen LogP contribution in [0.5, 0.6) is 0 Å². The Morgan fingerprint density at radius 1 is 1.31 bits per heavy atom. The Labute approximate surface area is 221 Å². The number of fused-ring (bicyclic) bond motifs is 1. The molecule has 2 heterocycles. The molecule has 1 N–H and O–H groups in total. The summed E-state index contributed by atoms with van der Waals surface area (Å²) in [5.41, 5.74) is 6.70. The average Bonchev–Trinajstić information content (AvgIpc) is 3.45. The number of benzene rings is 1. The van der Waals surface area contributed by atoms with Crippen LogP contribution in [0.1, 0.15) is 71.0 Å². The molecule has 0 saturated heterocycles. The number of carbonyl (C=O) groups is 1. The van der Waals surface area contributed by atoms with E-state index in [1.807, 2.05) is 12.3 Å². The first kappa shape index (κ1) is 26.1. The number of thiazole rings is 1. The highest BCUT2D eigenvalue weighted by Gasteiger charge is 2.34. The van der Waals surface area contributed by atoms with E-state index in [4.69, 9.17) is 9.72 Å². The molecule has 0 saturated carbocycles. The average molecular weight is 520 g/mol. The number of ether oxygens (including phenoxy) is 1. The first-order chi connectivity index (χ1) is 17.1. The molecule has 0 spiro atoms. The van der Waals surface area contributed by atoms with Gasteiger partial charge in [-0.1, -0.05) is 32.9 Å². The monoisotopic (exact) mass is 519 g/mol. The van der Waals surface area contributed by atoms with Crippen molar-refractivity contribution < 1.29 is 9.53 Å². The van der Waals surface area contributed by atoms with Crippen molar-refractivity contribution in [1.29, 1.82) is 5.26 Å². The van der Waals surface area contributed by atoms with Crippen LogP contribution in [-0.2, 0) is 17.6 Å². The minimum Gasteiger partial charge on any atom is -0.462 e. The van der Waals surface area contributed by atoms with Gasteiger partial charge in [-0.25, -0.2) is 9.78 Å². The summed E-state index contributed by atoms with van der Waals surface area (Å²) in [5.74, 6) is 0.265. The number of hydrogen-bond donors (Lipinski definition) is 1. The molecule has 36 heavy (non-hydrogen) atoms. The summed E-state index contributed by atoms with van der Waals surface area (Å²) in [6, 6.07) is 8.54. The topological polar surface area (TPSA) is 75.0 Å².